The van der Waals surface area contributed by atoms with Crippen molar-refractivity contribution in [3.05, 3.63) is 33.8 Å². The Morgan fingerprint density at radius 2 is 1.80 bits per heavy atom. The zero-order valence-electron chi connectivity index (χ0n) is 10.4. The lowest BCUT2D eigenvalue weighted by atomic mass is 9.85. The molecular formula is C14H21Br. The van der Waals surface area contributed by atoms with Gasteiger partial charge in [-0.05, 0) is 34.9 Å². The van der Waals surface area contributed by atoms with Gasteiger partial charge in [0.15, 0.2) is 0 Å². The van der Waals surface area contributed by atoms with Gasteiger partial charge >= 0.3 is 0 Å². The van der Waals surface area contributed by atoms with E-state index in [4.69, 9.17) is 0 Å². The molecule has 0 aliphatic heterocycles. The van der Waals surface area contributed by atoms with Gasteiger partial charge in [-0.25, -0.2) is 0 Å². The molecule has 0 heterocycles. The molecule has 15 heavy (non-hydrogen) atoms. The van der Waals surface area contributed by atoms with E-state index in [2.05, 4.69) is 68.7 Å². The van der Waals surface area contributed by atoms with Crippen LogP contribution in [0, 0.1) is 5.92 Å². The minimum absolute atomic E-state index is 0.242. The maximum Gasteiger partial charge on any atom is 0.0207 e. The number of halogens is 1. The van der Waals surface area contributed by atoms with Crippen molar-refractivity contribution in [3.63, 3.8) is 0 Å². The zero-order valence-corrected chi connectivity index (χ0v) is 12.0. The van der Waals surface area contributed by atoms with Crippen molar-refractivity contribution in [2.24, 2.45) is 5.92 Å². The topological polar surface area (TPSA) is 0 Å². The third kappa shape index (κ3) is 3.64. The van der Waals surface area contributed by atoms with Crippen LogP contribution in [0.1, 0.15) is 45.7 Å². The average molecular weight is 269 g/mol. The van der Waals surface area contributed by atoms with Gasteiger partial charge in [0.2, 0.25) is 0 Å². The highest BCUT2D eigenvalue weighted by Crippen LogP contribution is 2.28. The molecule has 1 aromatic carbocycles. The standard InChI is InChI=1S/C14H21Br/c1-10(2)8-11-9-12(14(3,4)5)6-7-13(11)15/h6-7,9-10H,8H2,1-5H3. The highest BCUT2D eigenvalue weighted by Gasteiger charge is 2.15. The molecule has 0 saturated heterocycles. The highest BCUT2D eigenvalue weighted by molar-refractivity contribution is 9.10. The Labute approximate surface area is 102 Å². The van der Waals surface area contributed by atoms with Crippen molar-refractivity contribution < 1.29 is 0 Å². The van der Waals surface area contributed by atoms with Crippen molar-refractivity contribution in [1.82, 2.24) is 0 Å². The minimum atomic E-state index is 0.242. The lowest BCUT2D eigenvalue weighted by Gasteiger charge is -2.21. The molecule has 0 aromatic heterocycles. The lowest BCUT2D eigenvalue weighted by Crippen LogP contribution is -2.11. The van der Waals surface area contributed by atoms with Crippen LogP contribution in [0.4, 0.5) is 0 Å². The van der Waals surface area contributed by atoms with E-state index < -0.39 is 0 Å². The molecule has 0 bridgehead atoms. The molecule has 84 valence electrons. The van der Waals surface area contributed by atoms with E-state index in [0.29, 0.717) is 5.92 Å². The van der Waals surface area contributed by atoms with E-state index >= 15 is 0 Å². The Balaban J connectivity index is 3.06. The van der Waals surface area contributed by atoms with Gasteiger partial charge in [0.25, 0.3) is 0 Å². The van der Waals surface area contributed by atoms with E-state index in [1.165, 1.54) is 15.6 Å². The predicted octanol–water partition coefficient (Wildman–Crippen LogP) is 4.95. The number of hydrogen-bond donors (Lipinski definition) is 0. The van der Waals surface area contributed by atoms with Crippen LogP contribution in [0.5, 0.6) is 0 Å². The predicted molar refractivity (Wildman–Crippen MR) is 71.4 cm³/mol. The first kappa shape index (κ1) is 12.8. The Kier molecular flexibility index (Phi) is 3.99. The van der Waals surface area contributed by atoms with Gasteiger partial charge in [0.05, 0.1) is 0 Å². The number of rotatable bonds is 2. The van der Waals surface area contributed by atoms with Crippen LogP contribution in [-0.2, 0) is 11.8 Å². The summed E-state index contributed by atoms with van der Waals surface area (Å²) in [4.78, 5) is 0. The summed E-state index contributed by atoms with van der Waals surface area (Å²) in [5, 5.41) is 0. The first-order valence-electron chi connectivity index (χ1n) is 5.59. The third-order valence-electron chi connectivity index (χ3n) is 2.54. The first-order chi connectivity index (χ1) is 6.80. The molecule has 0 N–H and O–H groups in total. The van der Waals surface area contributed by atoms with Crippen molar-refractivity contribution in [2.45, 2.75) is 46.5 Å². The summed E-state index contributed by atoms with van der Waals surface area (Å²) in [5.41, 5.74) is 3.09. The number of hydrogen-bond acceptors (Lipinski definition) is 0. The Hall–Kier alpha value is -0.300. The Morgan fingerprint density at radius 1 is 1.20 bits per heavy atom. The molecule has 0 aliphatic rings. The molecule has 0 saturated carbocycles. The lowest BCUT2D eigenvalue weighted by molar-refractivity contribution is 0.585. The summed E-state index contributed by atoms with van der Waals surface area (Å²) >= 11 is 3.63. The molecule has 1 heteroatoms. The summed E-state index contributed by atoms with van der Waals surface area (Å²) in [6, 6.07) is 6.73. The molecule has 0 aliphatic carbocycles. The van der Waals surface area contributed by atoms with E-state index in [1.54, 1.807) is 0 Å². The summed E-state index contributed by atoms with van der Waals surface area (Å²) in [5.74, 6) is 0.705. The minimum Gasteiger partial charge on any atom is -0.0625 e. The molecule has 1 aromatic rings. The van der Waals surface area contributed by atoms with E-state index in [1.807, 2.05) is 0 Å². The normalized spacial score (nSPS) is 12.2. The van der Waals surface area contributed by atoms with Gasteiger partial charge in [-0.2, -0.15) is 0 Å². The van der Waals surface area contributed by atoms with E-state index in [9.17, 15) is 0 Å². The molecular weight excluding hydrogens is 248 g/mol. The molecule has 1 rings (SSSR count). The molecule has 0 atom stereocenters. The van der Waals surface area contributed by atoms with Crippen LogP contribution in [0.15, 0.2) is 22.7 Å². The highest BCUT2D eigenvalue weighted by atomic mass is 79.9. The van der Waals surface area contributed by atoms with Crippen LogP contribution >= 0.6 is 15.9 Å². The van der Waals surface area contributed by atoms with Gasteiger partial charge < -0.3 is 0 Å². The molecule has 0 amide bonds. The van der Waals surface area contributed by atoms with Crippen LogP contribution in [-0.4, -0.2) is 0 Å². The fraction of sp³-hybridized carbons (Fsp3) is 0.571. The van der Waals surface area contributed by atoms with Crippen LogP contribution < -0.4 is 0 Å². The fourth-order valence-corrected chi connectivity index (χ4v) is 2.05. The van der Waals surface area contributed by atoms with E-state index in [-0.39, 0.29) is 5.41 Å². The largest absolute Gasteiger partial charge is 0.0625 e. The van der Waals surface area contributed by atoms with Crippen molar-refractivity contribution >= 4 is 15.9 Å². The summed E-state index contributed by atoms with van der Waals surface area (Å²) in [6.45, 7) is 11.3. The smallest absolute Gasteiger partial charge is 0.0207 e. The molecule has 0 nitrogen and oxygen atoms in total. The summed E-state index contributed by atoms with van der Waals surface area (Å²) in [6.07, 6.45) is 1.14. The third-order valence-corrected chi connectivity index (χ3v) is 3.31. The fourth-order valence-electron chi connectivity index (χ4n) is 1.64. The Morgan fingerprint density at radius 3 is 2.27 bits per heavy atom. The summed E-state index contributed by atoms with van der Waals surface area (Å²) in [7, 11) is 0. The van der Waals surface area contributed by atoms with Crippen LogP contribution in [0.25, 0.3) is 0 Å². The maximum atomic E-state index is 3.63. The summed E-state index contributed by atoms with van der Waals surface area (Å²) < 4.78 is 1.24. The van der Waals surface area contributed by atoms with E-state index in [0.717, 1.165) is 6.42 Å². The van der Waals surface area contributed by atoms with Gasteiger partial charge in [-0.1, -0.05) is 62.7 Å². The van der Waals surface area contributed by atoms with Crippen LogP contribution in [0.3, 0.4) is 0 Å². The Bertz CT molecular complexity index is 332. The second-order valence-corrected chi connectivity index (χ2v) is 6.51. The SMILES string of the molecule is CC(C)Cc1cc(C(C)(C)C)ccc1Br. The average Bonchev–Trinajstić information content (AvgIpc) is 2.06. The second-order valence-electron chi connectivity index (χ2n) is 5.65. The van der Waals surface area contributed by atoms with Crippen LogP contribution in [0.2, 0.25) is 0 Å². The van der Waals surface area contributed by atoms with Gasteiger partial charge in [-0.15, -0.1) is 0 Å². The zero-order chi connectivity index (χ0) is 11.6. The maximum absolute atomic E-state index is 3.63. The molecule has 0 unspecified atom stereocenters. The second kappa shape index (κ2) is 4.69. The monoisotopic (exact) mass is 268 g/mol. The van der Waals surface area contributed by atoms with Crippen molar-refractivity contribution in [2.75, 3.05) is 0 Å². The quantitative estimate of drug-likeness (QED) is 0.713. The molecule has 0 radical (unpaired) electrons. The van der Waals surface area contributed by atoms with Gasteiger partial charge in [0.1, 0.15) is 0 Å². The van der Waals surface area contributed by atoms with Crippen molar-refractivity contribution in [1.29, 1.82) is 0 Å². The number of benzene rings is 1. The first-order valence-corrected chi connectivity index (χ1v) is 6.39. The molecule has 0 spiro atoms. The van der Waals surface area contributed by atoms with Gasteiger partial charge in [0, 0.05) is 4.47 Å². The van der Waals surface area contributed by atoms with Gasteiger partial charge in [-0.3, -0.25) is 0 Å². The molecule has 0 fully saturated rings. The van der Waals surface area contributed by atoms with Crippen molar-refractivity contribution in [3.8, 4) is 0 Å².